The van der Waals surface area contributed by atoms with Gasteiger partial charge >= 0.3 is 12.0 Å². The number of carboxylic acid groups (broad SMARTS) is 1. The van der Waals surface area contributed by atoms with Crippen molar-refractivity contribution < 1.29 is 14.7 Å². The predicted molar refractivity (Wildman–Crippen MR) is 77.2 cm³/mol. The lowest BCUT2D eigenvalue weighted by molar-refractivity contribution is 0.0697. The highest BCUT2D eigenvalue weighted by Crippen LogP contribution is 2.29. The molecule has 0 radical (unpaired) electrons. The Balaban J connectivity index is 2.07. The van der Waals surface area contributed by atoms with Crippen LogP contribution >= 0.6 is 0 Å². The summed E-state index contributed by atoms with van der Waals surface area (Å²) in [5, 5.41) is 14.7. The number of rotatable bonds is 3. The Morgan fingerprint density at radius 3 is 2.50 bits per heavy atom. The van der Waals surface area contributed by atoms with Crippen molar-refractivity contribution in [3.05, 3.63) is 29.3 Å². The van der Waals surface area contributed by atoms with Crippen LogP contribution in [0.5, 0.6) is 0 Å². The molecule has 2 rings (SSSR count). The number of aromatic carboxylic acids is 1. The van der Waals surface area contributed by atoms with Crippen molar-refractivity contribution in [3.8, 4) is 0 Å². The Morgan fingerprint density at radius 1 is 1.25 bits per heavy atom. The number of hydrogen-bond acceptors (Lipinski definition) is 2. The predicted octanol–water partition coefficient (Wildman–Crippen LogP) is 3.15. The molecule has 1 aromatic rings. The maximum absolute atomic E-state index is 12.0. The molecule has 108 valence electrons. The van der Waals surface area contributed by atoms with E-state index in [2.05, 4.69) is 10.6 Å². The average Bonchev–Trinajstić information content (AvgIpc) is 2.78. The van der Waals surface area contributed by atoms with Crippen molar-refractivity contribution in [1.82, 2.24) is 5.32 Å². The van der Waals surface area contributed by atoms with Gasteiger partial charge in [-0.25, -0.2) is 9.59 Å². The molecule has 1 fully saturated rings. The van der Waals surface area contributed by atoms with E-state index in [0.29, 0.717) is 5.69 Å². The highest BCUT2D eigenvalue weighted by molar-refractivity contribution is 5.94. The minimum absolute atomic E-state index is 0.150. The van der Waals surface area contributed by atoms with Crippen molar-refractivity contribution >= 4 is 17.7 Å². The Bertz CT molecular complexity index is 534. The molecular formula is C15H20N2O3. The first-order valence-corrected chi connectivity index (χ1v) is 6.83. The zero-order valence-corrected chi connectivity index (χ0v) is 11.8. The summed E-state index contributed by atoms with van der Waals surface area (Å²) in [6.07, 6.45) is 4.22. The Hall–Kier alpha value is -2.04. The number of hydrogen-bond donors (Lipinski definition) is 3. The summed E-state index contributed by atoms with van der Waals surface area (Å²) in [5.74, 6) is -1.00. The molecule has 0 aliphatic heterocycles. The first-order chi connectivity index (χ1) is 9.39. The zero-order chi connectivity index (χ0) is 14.8. The lowest BCUT2D eigenvalue weighted by atomic mass is 10.0. The number of carboxylic acids is 1. The second-order valence-electron chi connectivity index (χ2n) is 5.68. The number of urea groups is 1. The van der Waals surface area contributed by atoms with Gasteiger partial charge in [-0.3, -0.25) is 0 Å². The molecule has 0 saturated heterocycles. The maximum atomic E-state index is 12.0. The van der Waals surface area contributed by atoms with Crippen molar-refractivity contribution in [2.45, 2.75) is 45.1 Å². The van der Waals surface area contributed by atoms with E-state index >= 15 is 0 Å². The first-order valence-electron chi connectivity index (χ1n) is 6.83. The van der Waals surface area contributed by atoms with Gasteiger partial charge in [-0.1, -0.05) is 18.9 Å². The second-order valence-corrected chi connectivity index (χ2v) is 5.68. The monoisotopic (exact) mass is 276 g/mol. The van der Waals surface area contributed by atoms with E-state index in [9.17, 15) is 9.59 Å². The SMILES string of the molecule is Cc1ccc(C(=O)O)cc1NC(=O)NC1(C)CCCC1. The summed E-state index contributed by atoms with van der Waals surface area (Å²) >= 11 is 0. The molecular weight excluding hydrogens is 256 g/mol. The molecule has 5 heteroatoms. The molecule has 1 aromatic carbocycles. The second kappa shape index (κ2) is 5.53. The lowest BCUT2D eigenvalue weighted by Gasteiger charge is -2.25. The van der Waals surface area contributed by atoms with Crippen LogP contribution in [-0.4, -0.2) is 22.6 Å². The molecule has 20 heavy (non-hydrogen) atoms. The van der Waals surface area contributed by atoms with Gasteiger partial charge in [0.25, 0.3) is 0 Å². The summed E-state index contributed by atoms with van der Waals surface area (Å²) in [4.78, 5) is 23.0. The molecule has 0 aromatic heterocycles. The standard InChI is InChI=1S/C15H20N2O3/c1-10-5-6-11(13(18)19)9-12(10)16-14(20)17-15(2)7-3-4-8-15/h5-6,9H,3-4,7-8H2,1-2H3,(H,18,19)(H2,16,17,20). The van der Waals surface area contributed by atoms with Gasteiger partial charge in [-0.2, -0.15) is 0 Å². The molecule has 1 aliphatic rings. The number of aryl methyl sites for hydroxylation is 1. The number of nitrogens with one attached hydrogen (secondary N) is 2. The highest BCUT2D eigenvalue weighted by Gasteiger charge is 2.30. The third-order valence-electron chi connectivity index (χ3n) is 3.86. The molecule has 3 N–H and O–H groups in total. The molecule has 0 spiro atoms. The van der Waals surface area contributed by atoms with E-state index in [1.807, 2.05) is 13.8 Å². The number of amides is 2. The molecule has 0 bridgehead atoms. The van der Waals surface area contributed by atoms with Gasteiger partial charge < -0.3 is 15.7 Å². The number of carbonyl (C=O) groups is 2. The zero-order valence-electron chi connectivity index (χ0n) is 11.8. The molecule has 0 unspecified atom stereocenters. The van der Waals surface area contributed by atoms with Crippen molar-refractivity contribution in [1.29, 1.82) is 0 Å². The van der Waals surface area contributed by atoms with Gasteiger partial charge in [-0.05, 0) is 44.4 Å². The van der Waals surface area contributed by atoms with Crippen LogP contribution in [0.4, 0.5) is 10.5 Å². The van der Waals surface area contributed by atoms with Crippen LogP contribution in [0.3, 0.4) is 0 Å². The normalized spacial score (nSPS) is 16.7. The summed E-state index contributed by atoms with van der Waals surface area (Å²) in [5.41, 5.74) is 1.38. The third-order valence-corrected chi connectivity index (χ3v) is 3.86. The minimum atomic E-state index is -1.00. The smallest absolute Gasteiger partial charge is 0.335 e. The fourth-order valence-electron chi connectivity index (χ4n) is 2.60. The van der Waals surface area contributed by atoms with Gasteiger partial charge in [0, 0.05) is 11.2 Å². The fourth-order valence-corrected chi connectivity index (χ4v) is 2.60. The Morgan fingerprint density at radius 2 is 1.90 bits per heavy atom. The average molecular weight is 276 g/mol. The van der Waals surface area contributed by atoms with Gasteiger partial charge in [0.2, 0.25) is 0 Å². The highest BCUT2D eigenvalue weighted by atomic mass is 16.4. The number of anilines is 1. The van der Waals surface area contributed by atoms with Crippen LogP contribution in [0.25, 0.3) is 0 Å². The van der Waals surface area contributed by atoms with E-state index in [0.717, 1.165) is 31.2 Å². The molecule has 2 amide bonds. The Labute approximate surface area is 118 Å². The molecule has 0 heterocycles. The molecule has 0 atom stereocenters. The lowest BCUT2D eigenvalue weighted by Crippen LogP contribution is -2.45. The van der Waals surface area contributed by atoms with E-state index < -0.39 is 5.97 Å². The van der Waals surface area contributed by atoms with E-state index in [4.69, 9.17) is 5.11 Å². The first kappa shape index (κ1) is 14.4. The summed E-state index contributed by atoms with van der Waals surface area (Å²) in [6, 6.07) is 4.42. The Kier molecular flexibility index (Phi) is 3.97. The summed E-state index contributed by atoms with van der Waals surface area (Å²) in [7, 11) is 0. The number of benzene rings is 1. The van der Waals surface area contributed by atoms with Crippen molar-refractivity contribution in [3.63, 3.8) is 0 Å². The van der Waals surface area contributed by atoms with Crippen molar-refractivity contribution in [2.24, 2.45) is 0 Å². The molecule has 1 saturated carbocycles. The van der Waals surface area contributed by atoms with Crippen LogP contribution in [0.15, 0.2) is 18.2 Å². The van der Waals surface area contributed by atoms with Gasteiger partial charge in [0.15, 0.2) is 0 Å². The van der Waals surface area contributed by atoms with E-state index in [1.165, 1.54) is 12.1 Å². The van der Waals surface area contributed by atoms with Crippen LogP contribution in [0.1, 0.15) is 48.5 Å². The maximum Gasteiger partial charge on any atom is 0.335 e. The van der Waals surface area contributed by atoms with E-state index in [1.54, 1.807) is 6.07 Å². The minimum Gasteiger partial charge on any atom is -0.478 e. The van der Waals surface area contributed by atoms with Crippen LogP contribution < -0.4 is 10.6 Å². The van der Waals surface area contributed by atoms with Gasteiger partial charge in [0.05, 0.1) is 5.56 Å². The largest absolute Gasteiger partial charge is 0.478 e. The summed E-state index contributed by atoms with van der Waals surface area (Å²) in [6.45, 7) is 3.87. The van der Waals surface area contributed by atoms with Gasteiger partial charge in [0.1, 0.15) is 0 Å². The van der Waals surface area contributed by atoms with Crippen LogP contribution in [-0.2, 0) is 0 Å². The molecule has 5 nitrogen and oxygen atoms in total. The fraction of sp³-hybridized carbons (Fsp3) is 0.467. The topological polar surface area (TPSA) is 78.4 Å². The molecule has 1 aliphatic carbocycles. The number of carbonyl (C=O) groups excluding carboxylic acids is 1. The third kappa shape index (κ3) is 3.29. The van der Waals surface area contributed by atoms with E-state index in [-0.39, 0.29) is 17.1 Å². The van der Waals surface area contributed by atoms with Gasteiger partial charge in [-0.15, -0.1) is 0 Å². The quantitative estimate of drug-likeness (QED) is 0.793. The summed E-state index contributed by atoms with van der Waals surface area (Å²) < 4.78 is 0. The van der Waals surface area contributed by atoms with Crippen LogP contribution in [0, 0.1) is 6.92 Å². The van der Waals surface area contributed by atoms with Crippen LogP contribution in [0.2, 0.25) is 0 Å². The van der Waals surface area contributed by atoms with Crippen molar-refractivity contribution in [2.75, 3.05) is 5.32 Å².